The number of nitrogens with two attached hydrogens (primary N) is 1. The average Bonchev–Trinajstić information content (AvgIpc) is 3.35. The van der Waals surface area contributed by atoms with Crippen molar-refractivity contribution in [2.24, 2.45) is 17.6 Å². The van der Waals surface area contributed by atoms with Gasteiger partial charge in [-0.2, -0.15) is 0 Å². The lowest BCUT2D eigenvalue weighted by atomic mass is 10.1. The maximum Gasteiger partial charge on any atom is 0.00965 e. The van der Waals surface area contributed by atoms with Gasteiger partial charge in [-0.25, -0.2) is 0 Å². The van der Waals surface area contributed by atoms with Crippen LogP contribution in [0.5, 0.6) is 0 Å². The zero-order valence-corrected chi connectivity index (χ0v) is 18.5. The van der Waals surface area contributed by atoms with E-state index < -0.39 is 0 Å². The van der Waals surface area contributed by atoms with Gasteiger partial charge in [0.2, 0.25) is 0 Å². The minimum atomic E-state index is 0.256. The number of nitrogens with one attached hydrogen (secondary N) is 3. The van der Waals surface area contributed by atoms with E-state index in [1.165, 1.54) is 45.3 Å². The Balaban J connectivity index is 0. The average molecular weight is 359 g/mol. The van der Waals surface area contributed by atoms with E-state index in [2.05, 4.69) is 36.7 Å². The summed E-state index contributed by atoms with van der Waals surface area (Å²) in [6.07, 6.45) is 6.31. The highest BCUT2D eigenvalue weighted by atomic mass is 14.9. The van der Waals surface area contributed by atoms with Gasteiger partial charge < -0.3 is 21.7 Å². The van der Waals surface area contributed by atoms with Crippen molar-refractivity contribution >= 4 is 0 Å². The molecule has 4 nitrogen and oxygen atoms in total. The number of unbranched alkanes of at least 4 members (excludes halogenated alkanes) is 2. The molecule has 4 heteroatoms. The van der Waals surface area contributed by atoms with Gasteiger partial charge in [-0.05, 0) is 104 Å². The van der Waals surface area contributed by atoms with Gasteiger partial charge >= 0.3 is 0 Å². The topological polar surface area (TPSA) is 62.1 Å². The minimum absolute atomic E-state index is 0.256. The lowest BCUT2D eigenvalue weighted by Gasteiger charge is -2.20. The first-order chi connectivity index (χ1) is 12.0. The van der Waals surface area contributed by atoms with E-state index in [1.807, 2.05) is 27.7 Å². The molecule has 0 aliphatic heterocycles. The van der Waals surface area contributed by atoms with Crippen molar-refractivity contribution < 1.29 is 0 Å². The normalized spacial score (nSPS) is 18.7. The van der Waals surface area contributed by atoms with Crippen LogP contribution in [0.3, 0.4) is 0 Å². The Morgan fingerprint density at radius 3 is 1.64 bits per heavy atom. The smallest absolute Gasteiger partial charge is 0.00965 e. The lowest BCUT2D eigenvalue weighted by molar-refractivity contribution is 0.416. The molecule has 1 aliphatic rings. The van der Waals surface area contributed by atoms with Crippen LogP contribution in [-0.4, -0.2) is 44.8 Å². The van der Waals surface area contributed by atoms with Crippen LogP contribution in [0, 0.1) is 11.8 Å². The second-order valence-electron chi connectivity index (χ2n) is 7.54. The highest BCUT2D eigenvalue weighted by molar-refractivity contribution is 4.89. The molecule has 0 aromatic heterocycles. The Morgan fingerprint density at radius 1 is 0.760 bits per heavy atom. The molecule has 1 aliphatic carbocycles. The van der Waals surface area contributed by atoms with Crippen molar-refractivity contribution in [2.75, 3.05) is 39.3 Å². The van der Waals surface area contributed by atoms with Crippen LogP contribution in [0.2, 0.25) is 0 Å². The van der Waals surface area contributed by atoms with E-state index in [4.69, 9.17) is 5.73 Å². The molecule has 0 radical (unpaired) electrons. The first-order valence-corrected chi connectivity index (χ1v) is 10.9. The highest BCUT2D eigenvalue weighted by Gasteiger charge is 2.35. The van der Waals surface area contributed by atoms with Gasteiger partial charge in [-0.3, -0.25) is 0 Å². The van der Waals surface area contributed by atoms with E-state index in [-0.39, 0.29) is 5.54 Å². The summed E-state index contributed by atoms with van der Waals surface area (Å²) in [4.78, 5) is 0. The highest BCUT2D eigenvalue weighted by Crippen LogP contribution is 2.36. The van der Waals surface area contributed by atoms with Crippen LogP contribution in [0.25, 0.3) is 0 Å². The molecule has 0 aromatic carbocycles. The third kappa shape index (κ3) is 20.0. The van der Waals surface area contributed by atoms with Gasteiger partial charge in [0, 0.05) is 5.54 Å². The Morgan fingerprint density at radius 2 is 1.20 bits per heavy atom. The monoisotopic (exact) mass is 358 g/mol. The molecule has 1 saturated carbocycles. The molecule has 154 valence electrons. The van der Waals surface area contributed by atoms with E-state index in [0.717, 1.165) is 37.9 Å². The largest absolute Gasteiger partial charge is 0.330 e. The SMILES string of the molecule is CC.CC.CC(C)(C)NCCCCNCC1CC1CNCCCCN. The summed E-state index contributed by atoms with van der Waals surface area (Å²) in [5.41, 5.74) is 5.74. The maximum absolute atomic E-state index is 5.48. The summed E-state index contributed by atoms with van der Waals surface area (Å²) >= 11 is 0. The Hall–Kier alpha value is -0.160. The zero-order valence-electron chi connectivity index (χ0n) is 18.5. The van der Waals surface area contributed by atoms with E-state index in [9.17, 15) is 0 Å². The first kappa shape index (κ1) is 27.1. The fourth-order valence-electron chi connectivity index (χ4n) is 2.62. The van der Waals surface area contributed by atoms with Gasteiger partial charge in [0.05, 0.1) is 0 Å². The van der Waals surface area contributed by atoms with Gasteiger partial charge in [0.25, 0.3) is 0 Å². The lowest BCUT2D eigenvalue weighted by Crippen LogP contribution is -2.36. The minimum Gasteiger partial charge on any atom is -0.330 e. The maximum atomic E-state index is 5.48. The molecule has 2 atom stereocenters. The molecule has 0 bridgehead atoms. The van der Waals surface area contributed by atoms with E-state index in [0.29, 0.717) is 0 Å². The van der Waals surface area contributed by atoms with Crippen molar-refractivity contribution in [3.05, 3.63) is 0 Å². The molecule has 25 heavy (non-hydrogen) atoms. The molecule has 0 saturated heterocycles. The third-order valence-electron chi connectivity index (χ3n) is 4.13. The molecule has 1 rings (SSSR count). The molecule has 2 unspecified atom stereocenters. The Kier molecular flexibility index (Phi) is 20.2. The first-order valence-electron chi connectivity index (χ1n) is 10.9. The fraction of sp³-hybridized carbons (Fsp3) is 1.00. The number of hydrogen-bond acceptors (Lipinski definition) is 4. The van der Waals surface area contributed by atoms with Crippen LogP contribution in [0.15, 0.2) is 0 Å². The summed E-state index contributed by atoms with van der Waals surface area (Å²) < 4.78 is 0. The second-order valence-corrected chi connectivity index (χ2v) is 7.54. The molecule has 0 heterocycles. The summed E-state index contributed by atoms with van der Waals surface area (Å²) in [5.74, 6) is 1.83. The van der Waals surface area contributed by atoms with Crippen LogP contribution in [0.4, 0.5) is 0 Å². The van der Waals surface area contributed by atoms with Crippen LogP contribution in [-0.2, 0) is 0 Å². The van der Waals surface area contributed by atoms with Crippen molar-refractivity contribution in [3.63, 3.8) is 0 Å². The predicted octanol–water partition coefficient (Wildman–Crippen LogP) is 3.76. The second kappa shape index (κ2) is 18.6. The van der Waals surface area contributed by atoms with Crippen molar-refractivity contribution in [3.8, 4) is 0 Å². The molecule has 0 spiro atoms. The summed E-state index contributed by atoms with van der Waals surface area (Å²) in [5, 5.41) is 10.7. The standard InChI is InChI=1S/C17H38N4.2C2H6/c1-17(2,3)21-11-7-6-10-20-14-16-12-15(16)13-19-9-5-4-8-18;2*1-2/h15-16,19-21H,4-14,18H2,1-3H3;2*1-2H3. The molecule has 5 N–H and O–H groups in total. The van der Waals surface area contributed by atoms with E-state index >= 15 is 0 Å². The summed E-state index contributed by atoms with van der Waals surface area (Å²) in [6.45, 7) is 21.3. The quantitative estimate of drug-likeness (QED) is 0.379. The number of rotatable bonds is 13. The van der Waals surface area contributed by atoms with Crippen LogP contribution < -0.4 is 21.7 Å². The summed E-state index contributed by atoms with van der Waals surface area (Å²) in [6, 6.07) is 0. The Labute approximate surface area is 159 Å². The zero-order chi connectivity index (χ0) is 19.6. The van der Waals surface area contributed by atoms with Gasteiger partial charge in [0.15, 0.2) is 0 Å². The van der Waals surface area contributed by atoms with Crippen molar-refractivity contribution in [1.29, 1.82) is 0 Å². The van der Waals surface area contributed by atoms with E-state index in [1.54, 1.807) is 0 Å². The predicted molar refractivity (Wildman–Crippen MR) is 115 cm³/mol. The molecular formula is C21H50N4. The van der Waals surface area contributed by atoms with Gasteiger partial charge in [-0.1, -0.05) is 27.7 Å². The molecule has 1 fully saturated rings. The number of hydrogen-bond donors (Lipinski definition) is 4. The fourth-order valence-corrected chi connectivity index (χ4v) is 2.62. The van der Waals surface area contributed by atoms with Crippen LogP contribution >= 0.6 is 0 Å². The van der Waals surface area contributed by atoms with Crippen molar-refractivity contribution in [1.82, 2.24) is 16.0 Å². The molecular weight excluding hydrogens is 308 g/mol. The van der Waals surface area contributed by atoms with Crippen molar-refractivity contribution in [2.45, 2.75) is 86.1 Å². The van der Waals surface area contributed by atoms with Crippen LogP contribution in [0.1, 0.15) is 80.6 Å². The summed E-state index contributed by atoms with van der Waals surface area (Å²) in [7, 11) is 0. The molecule has 0 aromatic rings. The van der Waals surface area contributed by atoms with Gasteiger partial charge in [-0.15, -0.1) is 0 Å². The van der Waals surface area contributed by atoms with Gasteiger partial charge in [0.1, 0.15) is 0 Å². The Bertz CT molecular complexity index is 251. The third-order valence-corrected chi connectivity index (χ3v) is 4.13. The molecule has 0 amide bonds.